The number of ether oxygens (including phenoxy) is 2. The topological polar surface area (TPSA) is 93.1 Å². The van der Waals surface area contributed by atoms with Gasteiger partial charge in [-0.25, -0.2) is 0 Å². The summed E-state index contributed by atoms with van der Waals surface area (Å²) >= 11 is 0. The highest BCUT2D eigenvalue weighted by atomic mass is 28.3. The number of nitrogens with zero attached hydrogens (tertiary/aromatic N) is 4. The number of nitriles is 3. The van der Waals surface area contributed by atoms with Gasteiger partial charge in [0.2, 0.25) is 0 Å². The first-order valence-electron chi connectivity index (χ1n) is 18.1. The molecular weight excluding hydrogens is 702 g/mol. The van der Waals surface area contributed by atoms with Crippen molar-refractivity contribution < 1.29 is 22.6 Å². The van der Waals surface area contributed by atoms with Crippen molar-refractivity contribution in [1.82, 2.24) is 0 Å². The SMILES string of the molecule is CCN(CCOC(C)(C)[Si](C)(C)C)c1ccc(/C=C/C2=CC(=C/C=C/C3=C(C#N)C(=C(C#N)C#N)OC3(c3ccccc3)C(F)(F)F)/CC(C)(C)C2)cc1. The third-order valence-corrected chi connectivity index (χ3v) is 14.1. The van der Waals surface area contributed by atoms with Crippen molar-refractivity contribution in [2.75, 3.05) is 24.6 Å². The lowest BCUT2D eigenvalue weighted by atomic mass is 9.75. The van der Waals surface area contributed by atoms with Crippen LogP contribution < -0.4 is 4.90 Å². The molecule has 10 heteroatoms. The van der Waals surface area contributed by atoms with E-state index in [0.29, 0.717) is 13.0 Å². The lowest BCUT2D eigenvalue weighted by Gasteiger charge is -2.38. The quantitative estimate of drug-likeness (QED) is 0.158. The van der Waals surface area contributed by atoms with Crippen molar-refractivity contribution in [2.45, 2.75) is 84.1 Å². The zero-order valence-electron chi connectivity index (χ0n) is 32.4. The Morgan fingerprint density at radius 2 is 1.59 bits per heavy atom. The fourth-order valence-electron chi connectivity index (χ4n) is 6.52. The van der Waals surface area contributed by atoms with E-state index in [1.165, 1.54) is 36.4 Å². The molecule has 2 aromatic carbocycles. The molecule has 0 radical (unpaired) electrons. The maximum Gasteiger partial charge on any atom is 0.437 e. The monoisotopic (exact) mass is 750 g/mol. The Kier molecular flexibility index (Phi) is 12.7. The highest BCUT2D eigenvalue weighted by molar-refractivity contribution is 6.78. The third kappa shape index (κ3) is 9.16. The zero-order chi connectivity index (χ0) is 40.0. The number of rotatable bonds is 12. The Labute approximate surface area is 319 Å². The first kappa shape index (κ1) is 41.7. The highest BCUT2D eigenvalue weighted by Gasteiger charge is 2.65. The smallest absolute Gasteiger partial charge is 0.437 e. The first-order valence-corrected chi connectivity index (χ1v) is 21.6. The maximum atomic E-state index is 15.1. The van der Waals surface area contributed by atoms with Crippen LogP contribution in [-0.4, -0.2) is 39.2 Å². The molecule has 0 aromatic heterocycles. The van der Waals surface area contributed by atoms with Crippen molar-refractivity contribution in [3.8, 4) is 18.2 Å². The van der Waals surface area contributed by atoms with E-state index in [1.807, 2.05) is 6.08 Å². The minimum Gasteiger partial charge on any atom is -0.465 e. The van der Waals surface area contributed by atoms with E-state index < -0.39 is 42.3 Å². The number of alkyl halides is 3. The number of allylic oxidation sites excluding steroid dienone is 8. The summed E-state index contributed by atoms with van der Waals surface area (Å²) in [5.74, 6) is -0.687. The van der Waals surface area contributed by atoms with Gasteiger partial charge in [0, 0.05) is 29.9 Å². The van der Waals surface area contributed by atoms with Crippen LogP contribution in [0.3, 0.4) is 0 Å². The molecule has 4 rings (SSSR count). The molecule has 0 amide bonds. The largest absolute Gasteiger partial charge is 0.465 e. The van der Waals surface area contributed by atoms with Crippen LogP contribution in [-0.2, 0) is 15.1 Å². The molecule has 2 aliphatic rings. The molecule has 282 valence electrons. The Morgan fingerprint density at radius 1 is 0.944 bits per heavy atom. The Balaban J connectivity index is 1.62. The minimum absolute atomic E-state index is 0.108. The molecule has 0 spiro atoms. The third-order valence-electron chi connectivity index (χ3n) is 10.3. The zero-order valence-corrected chi connectivity index (χ0v) is 33.4. The summed E-state index contributed by atoms with van der Waals surface area (Å²) in [5.41, 5.74) is -1.08. The lowest BCUT2D eigenvalue weighted by molar-refractivity contribution is -0.249. The number of benzene rings is 2. The minimum atomic E-state index is -5.04. The van der Waals surface area contributed by atoms with Crippen molar-refractivity contribution in [2.24, 2.45) is 5.41 Å². The fourth-order valence-corrected chi connectivity index (χ4v) is 7.05. The van der Waals surface area contributed by atoms with Crippen molar-refractivity contribution >= 4 is 19.8 Å². The second-order valence-corrected chi connectivity index (χ2v) is 21.6. The van der Waals surface area contributed by atoms with Crippen LogP contribution in [0.15, 0.2) is 119 Å². The van der Waals surface area contributed by atoms with Crippen LogP contribution in [0.25, 0.3) is 6.08 Å². The molecule has 54 heavy (non-hydrogen) atoms. The molecule has 0 fully saturated rings. The second-order valence-electron chi connectivity index (χ2n) is 15.9. The molecule has 1 aliphatic heterocycles. The van der Waals surface area contributed by atoms with Gasteiger partial charge in [0.15, 0.2) is 11.3 Å². The first-order chi connectivity index (χ1) is 25.3. The standard InChI is InChI=1S/C44H49F3N4O2Si/c1-9-51(24-25-52-42(4,5)54(6,7)8)37-22-20-32(21-23-37)18-19-34-26-33(27-41(2,3)28-34)14-13-17-39-38(31-50)40(35(29-48)30-49)53-43(39,44(45,46)47)36-15-11-10-12-16-36/h10-23,26H,9,24-25,27-28H2,1-8H3/b17-13+,19-18+,33-14-. The summed E-state index contributed by atoms with van der Waals surface area (Å²) in [7, 11) is -1.47. The normalized spacial score (nSPS) is 19.7. The molecule has 2 aromatic rings. The Morgan fingerprint density at radius 3 is 2.15 bits per heavy atom. The van der Waals surface area contributed by atoms with E-state index in [2.05, 4.69) is 95.6 Å². The molecule has 0 bridgehead atoms. The Bertz CT molecular complexity index is 1990. The number of hydrogen-bond donors (Lipinski definition) is 0. The van der Waals surface area contributed by atoms with E-state index in [-0.39, 0.29) is 16.2 Å². The van der Waals surface area contributed by atoms with Crippen LogP contribution in [0.5, 0.6) is 0 Å². The summed E-state index contributed by atoms with van der Waals surface area (Å²) < 4.78 is 57.3. The van der Waals surface area contributed by atoms with Gasteiger partial charge in [0.05, 0.1) is 19.9 Å². The van der Waals surface area contributed by atoms with Gasteiger partial charge in [-0.05, 0) is 67.9 Å². The van der Waals surface area contributed by atoms with E-state index in [9.17, 15) is 15.8 Å². The van der Waals surface area contributed by atoms with Gasteiger partial charge in [0.1, 0.15) is 23.8 Å². The molecule has 0 N–H and O–H groups in total. The molecule has 1 unspecified atom stereocenters. The lowest BCUT2D eigenvalue weighted by Crippen LogP contribution is -2.50. The van der Waals surface area contributed by atoms with Gasteiger partial charge in [-0.15, -0.1) is 0 Å². The summed E-state index contributed by atoms with van der Waals surface area (Å²) in [4.78, 5) is 2.31. The maximum absolute atomic E-state index is 15.1. The van der Waals surface area contributed by atoms with E-state index >= 15 is 13.2 Å². The Hall–Kier alpha value is -5.08. The molecule has 0 saturated heterocycles. The predicted octanol–water partition coefficient (Wildman–Crippen LogP) is 11.0. The van der Waals surface area contributed by atoms with Crippen LogP contribution in [0.1, 0.15) is 58.6 Å². The molecule has 0 saturated carbocycles. The molecule has 1 atom stereocenters. The van der Waals surface area contributed by atoms with Crippen molar-refractivity contribution in [1.29, 1.82) is 15.8 Å². The van der Waals surface area contributed by atoms with Crippen molar-refractivity contribution in [3.63, 3.8) is 0 Å². The average Bonchev–Trinajstić information content (AvgIpc) is 3.44. The summed E-state index contributed by atoms with van der Waals surface area (Å²) in [6.45, 7) is 20.1. The van der Waals surface area contributed by atoms with Crippen LogP contribution in [0.2, 0.25) is 19.6 Å². The van der Waals surface area contributed by atoms with Gasteiger partial charge >= 0.3 is 6.18 Å². The molecule has 1 heterocycles. The van der Waals surface area contributed by atoms with E-state index in [1.54, 1.807) is 30.4 Å². The van der Waals surface area contributed by atoms with Gasteiger partial charge < -0.3 is 14.4 Å². The van der Waals surface area contributed by atoms with Crippen LogP contribution >= 0.6 is 0 Å². The summed E-state index contributed by atoms with van der Waals surface area (Å²) in [5, 5.41) is 29.0. The number of halogens is 3. The summed E-state index contributed by atoms with van der Waals surface area (Å²) in [6, 6.07) is 20.3. The molecule has 1 aliphatic carbocycles. The number of anilines is 1. The predicted molar refractivity (Wildman–Crippen MR) is 211 cm³/mol. The number of hydrogen-bond acceptors (Lipinski definition) is 6. The fraction of sp³-hybridized carbons (Fsp3) is 0.386. The second kappa shape index (κ2) is 16.5. The van der Waals surface area contributed by atoms with Crippen LogP contribution in [0, 0.1) is 39.4 Å². The summed E-state index contributed by atoms with van der Waals surface area (Å²) in [6.07, 6.45) is 7.04. The van der Waals surface area contributed by atoms with Crippen LogP contribution in [0.4, 0.5) is 18.9 Å². The van der Waals surface area contributed by atoms with Gasteiger partial charge in [-0.1, -0.05) is 112 Å². The highest BCUT2D eigenvalue weighted by Crippen LogP contribution is 2.55. The van der Waals surface area contributed by atoms with Gasteiger partial charge in [0.25, 0.3) is 5.60 Å². The number of likely N-dealkylation sites (N-methyl/N-ethyl adjacent to an activating group) is 1. The van der Waals surface area contributed by atoms with Gasteiger partial charge in [-0.3, -0.25) is 0 Å². The van der Waals surface area contributed by atoms with E-state index in [0.717, 1.165) is 41.9 Å². The molecular formula is C44H49F3N4O2Si. The molecule has 6 nitrogen and oxygen atoms in total. The van der Waals surface area contributed by atoms with Crippen molar-refractivity contribution in [3.05, 3.63) is 130 Å². The van der Waals surface area contributed by atoms with E-state index in [4.69, 9.17) is 9.47 Å². The van der Waals surface area contributed by atoms with Gasteiger partial charge in [-0.2, -0.15) is 29.0 Å². The average molecular weight is 751 g/mol.